The van der Waals surface area contributed by atoms with Crippen LogP contribution in [0.25, 0.3) is 0 Å². The van der Waals surface area contributed by atoms with Gasteiger partial charge in [0.15, 0.2) is 5.78 Å². The van der Waals surface area contributed by atoms with Gasteiger partial charge in [0.2, 0.25) is 0 Å². The Hall–Kier alpha value is -1.35. The lowest BCUT2D eigenvalue weighted by atomic mass is 9.93. The predicted octanol–water partition coefficient (Wildman–Crippen LogP) is 7.10. The second-order valence-electron chi connectivity index (χ2n) is 5.59. The fraction of sp³-hybridized carbons (Fsp3) is 0.235. The highest BCUT2D eigenvalue weighted by molar-refractivity contribution is 9.10. The molecule has 0 spiro atoms. The highest BCUT2D eigenvalue weighted by Crippen LogP contribution is 2.37. The molecule has 9 heteroatoms. The van der Waals surface area contributed by atoms with E-state index >= 15 is 0 Å². The van der Waals surface area contributed by atoms with Gasteiger partial charge in [-0.25, -0.2) is 0 Å². The van der Waals surface area contributed by atoms with Crippen molar-refractivity contribution < 1.29 is 31.1 Å². The van der Waals surface area contributed by atoms with Crippen molar-refractivity contribution in [3.8, 4) is 0 Å². The van der Waals surface area contributed by atoms with Crippen molar-refractivity contribution >= 4 is 37.6 Å². The summed E-state index contributed by atoms with van der Waals surface area (Å²) in [7, 11) is 0. The van der Waals surface area contributed by atoms with Gasteiger partial charge in [0.1, 0.15) is 0 Å². The predicted molar refractivity (Wildman–Crippen MR) is 91.2 cm³/mol. The van der Waals surface area contributed by atoms with Crippen LogP contribution in [0.5, 0.6) is 0 Å². The maximum Gasteiger partial charge on any atom is 0.416 e. The molecular formula is C17H10Br2F6O. The summed E-state index contributed by atoms with van der Waals surface area (Å²) >= 11 is 5.94. The Morgan fingerprint density at radius 2 is 1.04 bits per heavy atom. The first-order chi connectivity index (χ1) is 11.7. The normalized spacial score (nSPS) is 12.4. The lowest BCUT2D eigenvalue weighted by Gasteiger charge is -2.16. The number of ketones is 1. The fourth-order valence-electron chi connectivity index (χ4n) is 2.30. The molecule has 26 heavy (non-hydrogen) atoms. The number of benzene rings is 2. The molecular weight excluding hydrogens is 494 g/mol. The van der Waals surface area contributed by atoms with Crippen molar-refractivity contribution in [1.82, 2.24) is 0 Å². The molecule has 140 valence electrons. The van der Waals surface area contributed by atoms with Crippen LogP contribution in [0.3, 0.4) is 0 Å². The van der Waals surface area contributed by atoms with E-state index in [1.54, 1.807) is 0 Å². The van der Waals surface area contributed by atoms with Crippen LogP contribution in [0.15, 0.2) is 33.2 Å². The molecule has 0 aromatic heterocycles. The van der Waals surface area contributed by atoms with Gasteiger partial charge in [0.05, 0.1) is 11.1 Å². The number of halogens is 8. The molecule has 2 aromatic carbocycles. The summed E-state index contributed by atoms with van der Waals surface area (Å²) in [6.45, 7) is 2.82. The Kier molecular flexibility index (Phi) is 5.64. The van der Waals surface area contributed by atoms with Gasteiger partial charge in [-0.1, -0.05) is 31.9 Å². The van der Waals surface area contributed by atoms with Crippen molar-refractivity contribution in [2.24, 2.45) is 0 Å². The monoisotopic (exact) mass is 502 g/mol. The van der Waals surface area contributed by atoms with Gasteiger partial charge >= 0.3 is 12.4 Å². The zero-order chi connectivity index (χ0) is 20.0. The average Bonchev–Trinajstić information content (AvgIpc) is 2.49. The molecule has 0 amide bonds. The van der Waals surface area contributed by atoms with Crippen LogP contribution in [0, 0.1) is 13.8 Å². The lowest BCUT2D eigenvalue weighted by molar-refractivity contribution is -0.138. The van der Waals surface area contributed by atoms with E-state index in [0.29, 0.717) is 12.1 Å². The Morgan fingerprint density at radius 3 is 1.31 bits per heavy atom. The highest BCUT2D eigenvalue weighted by atomic mass is 79.9. The third kappa shape index (κ3) is 4.14. The molecule has 2 rings (SSSR count). The fourth-order valence-corrected chi connectivity index (χ4v) is 3.22. The first kappa shape index (κ1) is 21.0. The summed E-state index contributed by atoms with van der Waals surface area (Å²) in [6.07, 6.45) is -9.40. The topological polar surface area (TPSA) is 17.1 Å². The standard InChI is InChI=1S/C17H10Br2F6O/c1-7-11(3-9(5-13(7)18)16(20,21)22)15(26)12-4-10(17(23,24)25)6-14(19)8(12)2/h3-6H,1-2H3. The molecule has 0 aliphatic rings. The molecule has 0 aliphatic carbocycles. The molecule has 0 unspecified atom stereocenters. The van der Waals surface area contributed by atoms with Crippen molar-refractivity contribution in [2.75, 3.05) is 0 Å². The number of carbonyl (C=O) groups excluding carboxylic acids is 1. The van der Waals surface area contributed by atoms with E-state index < -0.39 is 29.3 Å². The van der Waals surface area contributed by atoms with Crippen LogP contribution in [-0.4, -0.2) is 5.78 Å². The van der Waals surface area contributed by atoms with E-state index in [2.05, 4.69) is 31.9 Å². The maximum absolute atomic E-state index is 13.0. The number of rotatable bonds is 2. The van der Waals surface area contributed by atoms with Crippen LogP contribution in [0.4, 0.5) is 26.3 Å². The molecule has 0 saturated carbocycles. The van der Waals surface area contributed by atoms with Crippen LogP contribution >= 0.6 is 31.9 Å². The van der Waals surface area contributed by atoms with E-state index in [9.17, 15) is 31.1 Å². The van der Waals surface area contributed by atoms with Crippen molar-refractivity contribution in [2.45, 2.75) is 26.2 Å². The zero-order valence-electron chi connectivity index (χ0n) is 13.2. The third-order valence-electron chi connectivity index (χ3n) is 3.83. The lowest BCUT2D eigenvalue weighted by Crippen LogP contribution is -2.13. The Balaban J connectivity index is 2.71. The van der Waals surface area contributed by atoms with Crippen LogP contribution < -0.4 is 0 Å². The molecule has 0 N–H and O–H groups in total. The van der Waals surface area contributed by atoms with Gasteiger partial charge < -0.3 is 0 Å². The smallest absolute Gasteiger partial charge is 0.289 e. The van der Waals surface area contributed by atoms with Gasteiger partial charge in [-0.2, -0.15) is 26.3 Å². The third-order valence-corrected chi connectivity index (χ3v) is 5.48. The summed E-state index contributed by atoms with van der Waals surface area (Å²) in [4.78, 5) is 12.8. The SMILES string of the molecule is Cc1c(Br)cc(C(F)(F)F)cc1C(=O)c1cc(C(F)(F)F)cc(Br)c1C. The summed E-state index contributed by atoms with van der Waals surface area (Å²) in [5, 5.41) is 0. The molecule has 0 saturated heterocycles. The summed E-state index contributed by atoms with van der Waals surface area (Å²) in [5.74, 6) is -0.918. The van der Waals surface area contributed by atoms with Gasteiger partial charge in [-0.3, -0.25) is 4.79 Å². The highest BCUT2D eigenvalue weighted by Gasteiger charge is 2.34. The van der Waals surface area contributed by atoms with Crippen molar-refractivity contribution in [1.29, 1.82) is 0 Å². The van der Waals surface area contributed by atoms with Gasteiger partial charge in [-0.05, 0) is 49.2 Å². The van der Waals surface area contributed by atoms with E-state index in [0.717, 1.165) is 12.1 Å². The minimum atomic E-state index is -4.70. The van der Waals surface area contributed by atoms with Gasteiger partial charge in [-0.15, -0.1) is 0 Å². The van der Waals surface area contributed by atoms with E-state index in [1.807, 2.05) is 0 Å². The Morgan fingerprint density at radius 1 is 0.731 bits per heavy atom. The van der Waals surface area contributed by atoms with Crippen LogP contribution in [-0.2, 0) is 12.4 Å². The van der Waals surface area contributed by atoms with Crippen LogP contribution in [0.1, 0.15) is 38.2 Å². The quantitative estimate of drug-likeness (QED) is 0.315. The molecule has 0 radical (unpaired) electrons. The first-order valence-corrected chi connectivity index (χ1v) is 8.61. The molecule has 0 fully saturated rings. The first-order valence-electron chi connectivity index (χ1n) is 7.03. The number of hydrogen-bond acceptors (Lipinski definition) is 1. The molecule has 0 bridgehead atoms. The Bertz CT molecular complexity index is 813. The molecule has 2 aromatic rings. The molecule has 0 heterocycles. The molecule has 1 nitrogen and oxygen atoms in total. The average molecular weight is 504 g/mol. The van der Waals surface area contributed by atoms with Gasteiger partial charge in [0.25, 0.3) is 0 Å². The molecule has 0 atom stereocenters. The zero-order valence-corrected chi connectivity index (χ0v) is 16.4. The second-order valence-corrected chi connectivity index (χ2v) is 7.29. The largest absolute Gasteiger partial charge is 0.416 e. The van der Waals surface area contributed by atoms with E-state index in [-0.39, 0.29) is 31.2 Å². The summed E-state index contributed by atoms with van der Waals surface area (Å²) in [5.41, 5.74) is -2.36. The van der Waals surface area contributed by atoms with Crippen LogP contribution in [0.2, 0.25) is 0 Å². The summed E-state index contributed by atoms with van der Waals surface area (Å²) < 4.78 is 78.2. The van der Waals surface area contributed by atoms with Crippen molar-refractivity contribution in [3.05, 3.63) is 66.6 Å². The Labute approximate surface area is 161 Å². The van der Waals surface area contributed by atoms with Crippen molar-refractivity contribution in [3.63, 3.8) is 0 Å². The molecule has 0 aliphatic heterocycles. The number of alkyl halides is 6. The van der Waals surface area contributed by atoms with E-state index in [4.69, 9.17) is 0 Å². The van der Waals surface area contributed by atoms with Gasteiger partial charge in [0, 0.05) is 20.1 Å². The minimum absolute atomic E-state index is 0.0411. The minimum Gasteiger partial charge on any atom is -0.289 e. The number of hydrogen-bond donors (Lipinski definition) is 0. The second kappa shape index (κ2) is 6.99. The summed E-state index contributed by atoms with van der Waals surface area (Å²) in [6, 6.07) is 2.94. The van der Waals surface area contributed by atoms with E-state index in [1.165, 1.54) is 13.8 Å². The number of carbonyl (C=O) groups is 1. The maximum atomic E-state index is 13.0.